The van der Waals surface area contributed by atoms with Crippen LogP contribution in [-0.2, 0) is 6.61 Å². The van der Waals surface area contributed by atoms with Crippen molar-refractivity contribution in [1.29, 1.82) is 0 Å². The van der Waals surface area contributed by atoms with E-state index in [-0.39, 0.29) is 11.5 Å². The fourth-order valence-corrected chi connectivity index (χ4v) is 2.53. The number of phenols is 1. The molecule has 0 unspecified atom stereocenters. The zero-order valence-corrected chi connectivity index (χ0v) is 12.5. The predicted octanol–water partition coefficient (Wildman–Crippen LogP) is 3.78. The van der Waals surface area contributed by atoms with Crippen molar-refractivity contribution in [2.24, 2.45) is 0 Å². The van der Waals surface area contributed by atoms with Crippen LogP contribution >= 0.6 is 22.6 Å². The quantitative estimate of drug-likeness (QED) is 0.660. The van der Waals surface area contributed by atoms with E-state index in [1.54, 1.807) is 31.2 Å². The maximum absolute atomic E-state index is 11.3. The molecule has 0 aromatic heterocycles. The normalized spacial score (nSPS) is 10.2. The molecule has 0 atom stereocenters. The van der Waals surface area contributed by atoms with Crippen molar-refractivity contribution < 1.29 is 14.6 Å². The minimum atomic E-state index is 0.0386. The van der Waals surface area contributed by atoms with Crippen molar-refractivity contribution in [3.05, 3.63) is 57.2 Å². The Kier molecular flexibility index (Phi) is 4.42. The van der Waals surface area contributed by atoms with Gasteiger partial charge in [0.25, 0.3) is 0 Å². The van der Waals surface area contributed by atoms with Crippen molar-refractivity contribution in [2.45, 2.75) is 13.5 Å². The summed E-state index contributed by atoms with van der Waals surface area (Å²) in [5.41, 5.74) is 1.42. The van der Waals surface area contributed by atoms with Gasteiger partial charge in [0, 0.05) is 14.7 Å². The van der Waals surface area contributed by atoms with Crippen molar-refractivity contribution in [3.63, 3.8) is 0 Å². The Hall–Kier alpha value is -1.56. The van der Waals surface area contributed by atoms with Crippen molar-refractivity contribution in [3.8, 4) is 11.5 Å². The fraction of sp³-hybridized carbons (Fsp3) is 0.133. The molecule has 1 N–H and O–H groups in total. The summed E-state index contributed by atoms with van der Waals surface area (Å²) in [5, 5.41) is 9.63. The number of carbonyl (C=O) groups is 1. The van der Waals surface area contributed by atoms with Gasteiger partial charge in [-0.05, 0) is 53.8 Å². The number of hydrogen-bond donors (Lipinski definition) is 1. The smallest absolute Gasteiger partial charge is 0.160 e. The van der Waals surface area contributed by atoms with Gasteiger partial charge in [0.05, 0.1) is 0 Å². The number of benzene rings is 2. The maximum atomic E-state index is 11.3. The van der Waals surface area contributed by atoms with Crippen LogP contribution in [0.4, 0.5) is 0 Å². The van der Waals surface area contributed by atoms with Crippen LogP contribution < -0.4 is 4.74 Å². The lowest BCUT2D eigenvalue weighted by atomic mass is 10.1. The minimum absolute atomic E-state index is 0.0386. The summed E-state index contributed by atoms with van der Waals surface area (Å²) < 4.78 is 6.47. The topological polar surface area (TPSA) is 46.5 Å². The highest BCUT2D eigenvalue weighted by Gasteiger charge is 2.07. The largest absolute Gasteiger partial charge is 0.508 e. The number of hydrogen-bond acceptors (Lipinski definition) is 3. The summed E-state index contributed by atoms with van der Waals surface area (Å²) in [5.74, 6) is 0.937. The lowest BCUT2D eigenvalue weighted by Crippen LogP contribution is -1.99. The minimum Gasteiger partial charge on any atom is -0.508 e. The molecule has 0 aliphatic rings. The van der Waals surface area contributed by atoms with Gasteiger partial charge in [0.1, 0.15) is 18.1 Å². The molecule has 0 aliphatic heterocycles. The van der Waals surface area contributed by atoms with E-state index in [9.17, 15) is 9.90 Å². The van der Waals surface area contributed by atoms with Gasteiger partial charge in [-0.2, -0.15) is 0 Å². The molecule has 98 valence electrons. The molecule has 3 nitrogen and oxygen atoms in total. The van der Waals surface area contributed by atoms with Crippen molar-refractivity contribution in [1.82, 2.24) is 0 Å². The van der Waals surface area contributed by atoms with E-state index in [2.05, 4.69) is 22.6 Å². The lowest BCUT2D eigenvalue weighted by Gasteiger charge is -2.09. The first-order valence-corrected chi connectivity index (χ1v) is 6.86. The van der Waals surface area contributed by atoms with Gasteiger partial charge in [-0.25, -0.2) is 0 Å². The third-order valence-corrected chi connectivity index (χ3v) is 3.60. The third-order valence-electron chi connectivity index (χ3n) is 2.71. The molecule has 0 amide bonds. The Labute approximate surface area is 125 Å². The van der Waals surface area contributed by atoms with E-state index < -0.39 is 0 Å². The summed E-state index contributed by atoms with van der Waals surface area (Å²) in [4.78, 5) is 11.3. The number of phenolic OH excluding ortho intramolecular Hbond substituents is 1. The number of rotatable bonds is 4. The van der Waals surface area contributed by atoms with Crippen molar-refractivity contribution >= 4 is 28.4 Å². The van der Waals surface area contributed by atoms with E-state index in [4.69, 9.17) is 4.74 Å². The highest BCUT2D eigenvalue weighted by molar-refractivity contribution is 14.1. The molecule has 0 fully saturated rings. The monoisotopic (exact) mass is 368 g/mol. The molecule has 2 rings (SSSR count). The number of halogens is 1. The first-order valence-electron chi connectivity index (χ1n) is 5.78. The van der Waals surface area contributed by atoms with Gasteiger partial charge in [-0.15, -0.1) is 0 Å². The summed E-state index contributed by atoms with van der Waals surface area (Å²) in [6.45, 7) is 1.84. The third kappa shape index (κ3) is 3.47. The molecule has 0 aliphatic carbocycles. The SMILES string of the molecule is CC(=O)c1ccc(OCc2ccccc2O)cc1I. The second-order valence-corrected chi connectivity index (χ2v) is 5.28. The number of ketones is 1. The van der Waals surface area contributed by atoms with E-state index >= 15 is 0 Å². The molecular formula is C15H13IO3. The van der Waals surface area contributed by atoms with Gasteiger partial charge in [-0.1, -0.05) is 18.2 Å². The van der Waals surface area contributed by atoms with Crippen LogP contribution in [0.5, 0.6) is 11.5 Å². The second-order valence-electron chi connectivity index (χ2n) is 4.12. The van der Waals surface area contributed by atoms with E-state index in [0.717, 1.165) is 9.13 Å². The highest BCUT2D eigenvalue weighted by atomic mass is 127. The van der Waals surface area contributed by atoms with Crippen molar-refractivity contribution in [2.75, 3.05) is 0 Å². The van der Waals surface area contributed by atoms with E-state index in [0.29, 0.717) is 17.9 Å². The highest BCUT2D eigenvalue weighted by Crippen LogP contribution is 2.23. The average molecular weight is 368 g/mol. The molecule has 2 aromatic carbocycles. The Morgan fingerprint density at radius 2 is 2.00 bits per heavy atom. The zero-order valence-electron chi connectivity index (χ0n) is 10.4. The molecule has 0 saturated heterocycles. The van der Waals surface area contributed by atoms with Gasteiger partial charge in [0.15, 0.2) is 5.78 Å². The van der Waals surface area contributed by atoms with Gasteiger partial charge in [0.2, 0.25) is 0 Å². The summed E-state index contributed by atoms with van der Waals surface area (Å²) in [7, 11) is 0. The average Bonchev–Trinajstić information content (AvgIpc) is 2.37. The summed E-state index contributed by atoms with van der Waals surface area (Å²) in [6, 6.07) is 12.4. The van der Waals surface area contributed by atoms with Crippen LogP contribution in [0, 0.1) is 3.57 Å². The molecule has 0 radical (unpaired) electrons. The first-order chi connectivity index (χ1) is 9.08. The standard InChI is InChI=1S/C15H13IO3/c1-10(17)13-7-6-12(8-14(13)16)19-9-11-4-2-3-5-15(11)18/h2-8,18H,9H2,1H3. The van der Waals surface area contributed by atoms with Crippen LogP contribution in [0.15, 0.2) is 42.5 Å². The molecule has 0 saturated carbocycles. The fourth-order valence-electron chi connectivity index (χ4n) is 1.67. The zero-order chi connectivity index (χ0) is 13.8. The van der Waals surface area contributed by atoms with E-state index in [1.807, 2.05) is 18.2 Å². The predicted molar refractivity (Wildman–Crippen MR) is 81.6 cm³/mol. The van der Waals surface area contributed by atoms with Crippen LogP contribution in [-0.4, -0.2) is 10.9 Å². The Balaban J connectivity index is 2.11. The number of Topliss-reactive ketones (excluding diaryl/α,β-unsaturated/α-hetero) is 1. The summed E-state index contributed by atoms with van der Waals surface area (Å²) in [6.07, 6.45) is 0. The molecule has 2 aromatic rings. The number of para-hydroxylation sites is 1. The molecule has 4 heteroatoms. The molecule has 0 heterocycles. The van der Waals surface area contributed by atoms with E-state index in [1.165, 1.54) is 0 Å². The van der Waals surface area contributed by atoms with Gasteiger partial charge < -0.3 is 9.84 Å². The maximum Gasteiger partial charge on any atom is 0.160 e. The number of aromatic hydroxyl groups is 1. The summed E-state index contributed by atoms with van der Waals surface area (Å²) >= 11 is 2.11. The number of ether oxygens (including phenoxy) is 1. The molecule has 0 bridgehead atoms. The van der Waals surface area contributed by atoms with Crippen LogP contribution in [0.3, 0.4) is 0 Å². The Morgan fingerprint density at radius 1 is 1.26 bits per heavy atom. The molecule has 19 heavy (non-hydrogen) atoms. The van der Waals surface area contributed by atoms with Gasteiger partial charge >= 0.3 is 0 Å². The first kappa shape index (κ1) is 13.9. The Bertz CT molecular complexity index is 608. The van der Waals surface area contributed by atoms with Crippen LogP contribution in [0.2, 0.25) is 0 Å². The molecular weight excluding hydrogens is 355 g/mol. The second kappa shape index (κ2) is 6.06. The number of carbonyl (C=O) groups excluding carboxylic acids is 1. The van der Waals surface area contributed by atoms with Crippen LogP contribution in [0.1, 0.15) is 22.8 Å². The van der Waals surface area contributed by atoms with Crippen LogP contribution in [0.25, 0.3) is 0 Å². The lowest BCUT2D eigenvalue weighted by molar-refractivity contribution is 0.101. The molecule has 0 spiro atoms. The Morgan fingerprint density at radius 3 is 2.63 bits per heavy atom. The van der Waals surface area contributed by atoms with Gasteiger partial charge in [-0.3, -0.25) is 4.79 Å².